The lowest BCUT2D eigenvalue weighted by Crippen LogP contribution is -2.34. The molecule has 0 saturated heterocycles. The fourth-order valence-electron chi connectivity index (χ4n) is 1.65. The maximum absolute atomic E-state index is 12.0. The van der Waals surface area contributed by atoms with E-state index >= 15 is 0 Å². The molecule has 0 bridgehead atoms. The number of hydrogen-bond acceptors (Lipinski definition) is 4. The first-order valence-electron chi connectivity index (χ1n) is 6.41. The molecule has 5 heteroatoms. The molecule has 0 saturated carbocycles. The van der Waals surface area contributed by atoms with Crippen LogP contribution in [0.5, 0.6) is 0 Å². The van der Waals surface area contributed by atoms with E-state index in [4.69, 9.17) is 10.5 Å². The first kappa shape index (κ1) is 16.1. The van der Waals surface area contributed by atoms with E-state index in [1.165, 1.54) is 5.56 Å². The zero-order valence-electron chi connectivity index (χ0n) is 11.3. The minimum Gasteiger partial charge on any atom is -0.340 e. The Bertz CT molecular complexity index is 472. The number of benzene rings is 1. The number of thioether (sulfide) groups is 1. The standard InChI is InChI=1S/C15H17N3OS/c16-8-4-10-18(11-5-9-17)15(19)13-20-12-14-6-2-1-3-7-14/h1-3,6-7H,4-5,10-13H2. The van der Waals surface area contributed by atoms with E-state index < -0.39 is 0 Å². The second kappa shape index (κ2) is 9.89. The molecule has 0 aliphatic rings. The molecule has 0 aliphatic heterocycles. The molecule has 104 valence electrons. The fourth-order valence-corrected chi connectivity index (χ4v) is 2.54. The highest BCUT2D eigenvalue weighted by Gasteiger charge is 2.12. The Kier molecular flexibility index (Phi) is 7.95. The topological polar surface area (TPSA) is 67.9 Å². The van der Waals surface area contributed by atoms with E-state index in [-0.39, 0.29) is 5.91 Å². The molecule has 1 amide bonds. The molecule has 4 nitrogen and oxygen atoms in total. The molecule has 0 aromatic heterocycles. The summed E-state index contributed by atoms with van der Waals surface area (Å²) in [5.74, 6) is 1.17. The summed E-state index contributed by atoms with van der Waals surface area (Å²) >= 11 is 1.55. The van der Waals surface area contributed by atoms with Crippen LogP contribution in [0.4, 0.5) is 0 Å². The minimum absolute atomic E-state index is 0.00330. The zero-order chi connectivity index (χ0) is 14.6. The highest BCUT2D eigenvalue weighted by Crippen LogP contribution is 2.12. The summed E-state index contributed by atoms with van der Waals surface area (Å²) in [5, 5.41) is 17.2. The van der Waals surface area contributed by atoms with E-state index in [9.17, 15) is 4.79 Å². The molecule has 1 aromatic carbocycles. The van der Waals surface area contributed by atoms with E-state index in [0.29, 0.717) is 31.7 Å². The van der Waals surface area contributed by atoms with Crippen molar-refractivity contribution in [2.24, 2.45) is 0 Å². The molecule has 0 atom stereocenters. The molecule has 20 heavy (non-hydrogen) atoms. The first-order chi connectivity index (χ1) is 9.77. The van der Waals surface area contributed by atoms with E-state index in [1.807, 2.05) is 42.5 Å². The second-order valence-electron chi connectivity index (χ2n) is 4.18. The number of carbonyl (C=O) groups excluding carboxylic acids is 1. The van der Waals surface area contributed by atoms with Gasteiger partial charge in [-0.15, -0.1) is 11.8 Å². The molecule has 0 spiro atoms. The maximum atomic E-state index is 12.0. The lowest BCUT2D eigenvalue weighted by Gasteiger charge is -2.20. The van der Waals surface area contributed by atoms with Gasteiger partial charge in [-0.1, -0.05) is 30.3 Å². The van der Waals surface area contributed by atoms with Crippen LogP contribution in [0.2, 0.25) is 0 Å². The SMILES string of the molecule is N#CCCN(CCC#N)C(=O)CSCc1ccccc1. The van der Waals surface area contributed by atoms with Gasteiger partial charge in [-0.05, 0) is 5.56 Å². The molecular formula is C15H17N3OS. The van der Waals surface area contributed by atoms with E-state index in [0.717, 1.165) is 5.75 Å². The van der Waals surface area contributed by atoms with Crippen molar-refractivity contribution in [2.45, 2.75) is 18.6 Å². The van der Waals surface area contributed by atoms with Gasteiger partial charge in [0.2, 0.25) is 5.91 Å². The van der Waals surface area contributed by atoms with Crippen LogP contribution in [0.15, 0.2) is 30.3 Å². The number of nitrogens with zero attached hydrogens (tertiary/aromatic N) is 3. The van der Waals surface area contributed by atoms with E-state index in [2.05, 4.69) is 0 Å². The Labute approximate surface area is 124 Å². The van der Waals surface area contributed by atoms with Gasteiger partial charge in [-0.3, -0.25) is 4.79 Å². The van der Waals surface area contributed by atoms with Crippen molar-refractivity contribution in [1.82, 2.24) is 4.90 Å². The summed E-state index contributed by atoms with van der Waals surface area (Å²) in [4.78, 5) is 13.6. The normalized spacial score (nSPS) is 9.50. The van der Waals surface area contributed by atoms with Crippen LogP contribution >= 0.6 is 11.8 Å². The van der Waals surface area contributed by atoms with Crippen molar-refractivity contribution in [1.29, 1.82) is 10.5 Å². The van der Waals surface area contributed by atoms with Crippen molar-refractivity contribution in [2.75, 3.05) is 18.8 Å². The smallest absolute Gasteiger partial charge is 0.232 e. The molecule has 0 heterocycles. The third-order valence-corrected chi connectivity index (χ3v) is 3.67. The molecular weight excluding hydrogens is 270 g/mol. The van der Waals surface area contributed by atoms with Gasteiger partial charge >= 0.3 is 0 Å². The van der Waals surface area contributed by atoms with Crippen LogP contribution in [0.1, 0.15) is 18.4 Å². The highest BCUT2D eigenvalue weighted by atomic mass is 32.2. The van der Waals surface area contributed by atoms with Gasteiger partial charge < -0.3 is 4.90 Å². The second-order valence-corrected chi connectivity index (χ2v) is 5.16. The van der Waals surface area contributed by atoms with Gasteiger partial charge in [0.15, 0.2) is 0 Å². The summed E-state index contributed by atoms with van der Waals surface area (Å²) in [6, 6.07) is 14.0. The first-order valence-corrected chi connectivity index (χ1v) is 7.56. The number of rotatable bonds is 8. The summed E-state index contributed by atoms with van der Waals surface area (Å²) < 4.78 is 0. The zero-order valence-corrected chi connectivity index (χ0v) is 12.1. The van der Waals surface area contributed by atoms with Gasteiger partial charge in [0.05, 0.1) is 30.7 Å². The summed E-state index contributed by atoms with van der Waals surface area (Å²) in [6.45, 7) is 0.811. The van der Waals surface area contributed by atoms with Crippen LogP contribution < -0.4 is 0 Å². The Balaban J connectivity index is 2.37. The predicted molar refractivity (Wildman–Crippen MR) is 79.6 cm³/mol. The fraction of sp³-hybridized carbons (Fsp3) is 0.400. The van der Waals surface area contributed by atoms with Crippen molar-refractivity contribution in [3.8, 4) is 12.1 Å². The van der Waals surface area contributed by atoms with Gasteiger partial charge in [-0.25, -0.2) is 0 Å². The lowest BCUT2D eigenvalue weighted by atomic mass is 10.2. The van der Waals surface area contributed by atoms with E-state index in [1.54, 1.807) is 16.7 Å². The van der Waals surface area contributed by atoms with Crippen molar-refractivity contribution in [3.05, 3.63) is 35.9 Å². The van der Waals surface area contributed by atoms with Gasteiger partial charge in [0, 0.05) is 18.8 Å². The van der Waals surface area contributed by atoms with Crippen LogP contribution in [0.3, 0.4) is 0 Å². The van der Waals surface area contributed by atoms with Crippen LogP contribution in [0.25, 0.3) is 0 Å². The van der Waals surface area contributed by atoms with Crippen molar-refractivity contribution in [3.63, 3.8) is 0 Å². The van der Waals surface area contributed by atoms with Crippen molar-refractivity contribution < 1.29 is 4.79 Å². The van der Waals surface area contributed by atoms with Gasteiger partial charge in [0.25, 0.3) is 0 Å². The Hall–Kier alpha value is -1.98. The summed E-state index contributed by atoms with van der Waals surface area (Å²) in [5.41, 5.74) is 1.19. The molecule has 0 aliphatic carbocycles. The van der Waals surface area contributed by atoms with Crippen LogP contribution in [0, 0.1) is 22.7 Å². The largest absolute Gasteiger partial charge is 0.340 e. The number of nitriles is 2. The number of carbonyl (C=O) groups is 1. The monoisotopic (exact) mass is 287 g/mol. The number of hydrogen-bond donors (Lipinski definition) is 0. The molecule has 0 fully saturated rings. The average molecular weight is 287 g/mol. The van der Waals surface area contributed by atoms with Crippen LogP contribution in [-0.4, -0.2) is 29.6 Å². The molecule has 1 aromatic rings. The summed E-state index contributed by atoms with van der Waals surface area (Å²) in [6.07, 6.45) is 0.612. The summed E-state index contributed by atoms with van der Waals surface area (Å²) in [7, 11) is 0. The highest BCUT2D eigenvalue weighted by molar-refractivity contribution is 7.99. The van der Waals surface area contributed by atoms with Crippen LogP contribution in [-0.2, 0) is 10.5 Å². The van der Waals surface area contributed by atoms with Gasteiger partial charge in [-0.2, -0.15) is 10.5 Å². The lowest BCUT2D eigenvalue weighted by molar-refractivity contribution is -0.128. The third kappa shape index (κ3) is 6.26. The van der Waals surface area contributed by atoms with Gasteiger partial charge in [0.1, 0.15) is 0 Å². The van der Waals surface area contributed by atoms with Crippen molar-refractivity contribution >= 4 is 17.7 Å². The average Bonchev–Trinajstić information content (AvgIpc) is 2.48. The molecule has 0 unspecified atom stereocenters. The third-order valence-electron chi connectivity index (χ3n) is 2.68. The molecule has 0 radical (unpaired) electrons. The molecule has 1 rings (SSSR count). The Morgan fingerprint density at radius 2 is 1.70 bits per heavy atom. The Morgan fingerprint density at radius 1 is 1.10 bits per heavy atom. The molecule has 0 N–H and O–H groups in total. The maximum Gasteiger partial charge on any atom is 0.232 e. The number of amides is 1. The quantitative estimate of drug-likeness (QED) is 0.737. The predicted octanol–water partition coefficient (Wildman–Crippen LogP) is 2.58. The minimum atomic E-state index is -0.00330. The Morgan fingerprint density at radius 3 is 2.25 bits per heavy atom.